The molecule has 0 aromatic heterocycles. The van der Waals surface area contributed by atoms with E-state index in [9.17, 15) is 9.59 Å². The lowest BCUT2D eigenvalue weighted by molar-refractivity contribution is -0.204. The van der Waals surface area contributed by atoms with E-state index in [1.165, 1.54) is 0 Å². The Labute approximate surface area is 96.3 Å². The number of hydrogen-bond donors (Lipinski definition) is 0. The van der Waals surface area contributed by atoms with E-state index in [1.807, 2.05) is 13.8 Å². The van der Waals surface area contributed by atoms with Crippen LogP contribution in [0.15, 0.2) is 0 Å². The van der Waals surface area contributed by atoms with Gasteiger partial charge < -0.3 is 9.47 Å². The Morgan fingerprint density at radius 3 is 2.38 bits per heavy atom. The summed E-state index contributed by atoms with van der Waals surface area (Å²) in [6, 6.07) is 0. The smallest absolute Gasteiger partial charge is 0.348 e. The summed E-state index contributed by atoms with van der Waals surface area (Å²) in [4.78, 5) is 22.9. The van der Waals surface area contributed by atoms with Crippen molar-refractivity contribution in [3.05, 3.63) is 0 Å². The minimum absolute atomic E-state index is 0.287. The highest BCUT2D eigenvalue weighted by molar-refractivity contribution is 5.91. The van der Waals surface area contributed by atoms with Crippen molar-refractivity contribution in [3.8, 4) is 0 Å². The van der Waals surface area contributed by atoms with Crippen LogP contribution in [0.5, 0.6) is 0 Å². The highest BCUT2D eigenvalue weighted by Crippen LogP contribution is 2.30. The summed E-state index contributed by atoms with van der Waals surface area (Å²) in [6.45, 7) is 9.41. The summed E-state index contributed by atoms with van der Waals surface area (Å²) in [5.74, 6) is -0.681. The molecule has 1 saturated heterocycles. The maximum absolute atomic E-state index is 11.7. The maximum atomic E-state index is 11.7. The fraction of sp³-hybridized carbons (Fsp3) is 0.833. The van der Waals surface area contributed by atoms with Gasteiger partial charge in [-0.05, 0) is 33.1 Å². The molecule has 0 amide bonds. The second kappa shape index (κ2) is 4.44. The van der Waals surface area contributed by atoms with Crippen molar-refractivity contribution in [3.63, 3.8) is 0 Å². The number of ether oxygens (including phenoxy) is 2. The predicted molar refractivity (Wildman–Crippen MR) is 58.7 cm³/mol. The van der Waals surface area contributed by atoms with Crippen molar-refractivity contribution in [2.24, 2.45) is 11.8 Å². The van der Waals surface area contributed by atoms with Crippen LogP contribution in [0.1, 0.15) is 41.0 Å². The van der Waals surface area contributed by atoms with Gasteiger partial charge in [0.15, 0.2) is 0 Å². The molecule has 16 heavy (non-hydrogen) atoms. The third-order valence-corrected chi connectivity index (χ3v) is 2.28. The molecule has 0 aromatic carbocycles. The van der Waals surface area contributed by atoms with Crippen LogP contribution in [0.3, 0.4) is 0 Å². The van der Waals surface area contributed by atoms with Gasteiger partial charge in [0, 0.05) is 0 Å². The summed E-state index contributed by atoms with van der Waals surface area (Å²) in [5.41, 5.74) is -0.540. The molecule has 1 fully saturated rings. The number of esters is 2. The first-order chi connectivity index (χ1) is 7.20. The zero-order valence-corrected chi connectivity index (χ0v) is 10.6. The molecule has 92 valence electrons. The molecule has 0 bridgehead atoms. The lowest BCUT2D eigenvalue weighted by Gasteiger charge is -2.35. The van der Waals surface area contributed by atoms with Crippen molar-refractivity contribution < 1.29 is 19.1 Å². The number of rotatable bonds is 3. The summed E-state index contributed by atoms with van der Waals surface area (Å²) >= 11 is 0. The molecule has 0 N–H and O–H groups in total. The fourth-order valence-electron chi connectivity index (χ4n) is 1.65. The van der Waals surface area contributed by atoms with Gasteiger partial charge in [0.2, 0.25) is 6.10 Å². The molecule has 0 saturated carbocycles. The molecule has 1 aliphatic rings. The van der Waals surface area contributed by atoms with Gasteiger partial charge in [-0.2, -0.15) is 0 Å². The van der Waals surface area contributed by atoms with Gasteiger partial charge in [-0.15, -0.1) is 0 Å². The van der Waals surface area contributed by atoms with E-state index < -0.39 is 17.7 Å². The second-order valence-corrected chi connectivity index (χ2v) is 5.63. The zero-order valence-electron chi connectivity index (χ0n) is 10.6. The van der Waals surface area contributed by atoms with Gasteiger partial charge in [-0.3, -0.25) is 4.79 Å². The number of hydrogen-bond acceptors (Lipinski definition) is 4. The average Bonchev–Trinajstić information content (AvgIpc) is 2.07. The summed E-state index contributed by atoms with van der Waals surface area (Å²) in [5, 5.41) is 0. The Kier molecular flexibility index (Phi) is 3.61. The van der Waals surface area contributed by atoms with Gasteiger partial charge in [-0.1, -0.05) is 13.8 Å². The van der Waals surface area contributed by atoms with Crippen molar-refractivity contribution in [2.75, 3.05) is 0 Å². The van der Waals surface area contributed by atoms with Gasteiger partial charge in [0.25, 0.3) is 0 Å². The molecular formula is C12H20O4. The lowest BCUT2D eigenvalue weighted by atomic mass is 9.88. The van der Waals surface area contributed by atoms with E-state index in [1.54, 1.807) is 20.8 Å². The largest absolute Gasteiger partial charge is 0.457 e. The van der Waals surface area contributed by atoms with Crippen LogP contribution in [0, 0.1) is 11.8 Å². The van der Waals surface area contributed by atoms with E-state index in [-0.39, 0.29) is 11.9 Å². The molecule has 2 atom stereocenters. The van der Waals surface area contributed by atoms with E-state index in [2.05, 4.69) is 0 Å². The Morgan fingerprint density at radius 1 is 1.44 bits per heavy atom. The molecule has 0 radical (unpaired) electrons. The van der Waals surface area contributed by atoms with Crippen LogP contribution in [0.25, 0.3) is 0 Å². The normalized spacial score (nSPS) is 25.0. The van der Waals surface area contributed by atoms with Crippen LogP contribution in [0.4, 0.5) is 0 Å². The summed E-state index contributed by atoms with van der Waals surface area (Å²) < 4.78 is 10.0. The molecule has 0 unspecified atom stereocenters. The molecule has 1 aliphatic heterocycles. The first-order valence-corrected chi connectivity index (χ1v) is 5.64. The molecule has 1 heterocycles. The molecule has 1 rings (SSSR count). The van der Waals surface area contributed by atoms with E-state index in [0.29, 0.717) is 12.3 Å². The van der Waals surface area contributed by atoms with Crippen LogP contribution < -0.4 is 0 Å². The quantitative estimate of drug-likeness (QED) is 0.692. The topological polar surface area (TPSA) is 52.6 Å². The van der Waals surface area contributed by atoms with Crippen molar-refractivity contribution in [2.45, 2.75) is 52.7 Å². The second-order valence-electron chi connectivity index (χ2n) is 5.63. The Morgan fingerprint density at radius 2 is 2.00 bits per heavy atom. The van der Waals surface area contributed by atoms with Crippen LogP contribution in [0.2, 0.25) is 0 Å². The number of cyclic esters (lactones) is 1. The van der Waals surface area contributed by atoms with Gasteiger partial charge in [0.05, 0.1) is 0 Å². The summed E-state index contributed by atoms with van der Waals surface area (Å²) in [6.07, 6.45) is -0.0305. The van der Waals surface area contributed by atoms with Crippen molar-refractivity contribution in [1.29, 1.82) is 0 Å². The predicted octanol–water partition coefficient (Wildman–Crippen LogP) is 1.92. The van der Waals surface area contributed by atoms with Gasteiger partial charge in [0.1, 0.15) is 11.5 Å². The highest BCUT2D eigenvalue weighted by atomic mass is 16.6. The van der Waals surface area contributed by atoms with Gasteiger partial charge >= 0.3 is 11.9 Å². The van der Waals surface area contributed by atoms with Crippen molar-refractivity contribution >= 4 is 11.9 Å². The number of carbonyl (C=O) groups is 2. The molecule has 0 aromatic rings. The van der Waals surface area contributed by atoms with E-state index >= 15 is 0 Å². The summed E-state index contributed by atoms with van der Waals surface area (Å²) in [7, 11) is 0. The first-order valence-electron chi connectivity index (χ1n) is 5.64. The van der Waals surface area contributed by atoms with Crippen molar-refractivity contribution in [1.82, 2.24) is 0 Å². The SMILES string of the molecule is CC(C)C[C@H]1C(=O)O[C@@H]1C(=O)OC(C)(C)C. The Hall–Kier alpha value is -1.06. The molecule has 4 nitrogen and oxygen atoms in total. The fourth-order valence-corrected chi connectivity index (χ4v) is 1.65. The van der Waals surface area contributed by atoms with E-state index in [4.69, 9.17) is 9.47 Å². The van der Waals surface area contributed by atoms with Crippen LogP contribution >= 0.6 is 0 Å². The Balaban J connectivity index is 2.55. The van der Waals surface area contributed by atoms with Crippen LogP contribution in [-0.2, 0) is 19.1 Å². The minimum atomic E-state index is -0.700. The number of carbonyl (C=O) groups excluding carboxylic acids is 2. The Bertz CT molecular complexity index is 288. The molecular weight excluding hydrogens is 208 g/mol. The van der Waals surface area contributed by atoms with Gasteiger partial charge in [-0.25, -0.2) is 4.79 Å². The van der Waals surface area contributed by atoms with E-state index in [0.717, 1.165) is 0 Å². The highest BCUT2D eigenvalue weighted by Gasteiger charge is 2.48. The molecule has 4 heteroatoms. The molecule has 0 spiro atoms. The minimum Gasteiger partial charge on any atom is -0.457 e. The first kappa shape index (κ1) is 13.0. The van der Waals surface area contributed by atoms with Crippen LogP contribution in [-0.4, -0.2) is 23.6 Å². The molecule has 0 aliphatic carbocycles. The monoisotopic (exact) mass is 228 g/mol. The zero-order chi connectivity index (χ0) is 12.5. The third kappa shape index (κ3) is 3.22. The average molecular weight is 228 g/mol. The maximum Gasteiger partial charge on any atom is 0.348 e. The lowest BCUT2D eigenvalue weighted by Crippen LogP contribution is -2.52. The standard InChI is InChI=1S/C12H20O4/c1-7(2)6-8-9(15-10(8)13)11(14)16-12(3,4)5/h7-9H,6H2,1-5H3/t8-,9+/m1/s1. The third-order valence-electron chi connectivity index (χ3n) is 2.28.